The van der Waals surface area contributed by atoms with Crippen LogP contribution in [0.4, 0.5) is 19.7 Å². The Hall–Kier alpha value is -3.82. The van der Waals surface area contributed by atoms with Crippen LogP contribution >= 0.6 is 0 Å². The highest BCUT2D eigenvalue weighted by Crippen LogP contribution is 2.18. The molecule has 0 radical (unpaired) electrons. The Bertz CT molecular complexity index is 1000. The molecule has 1 fully saturated rings. The van der Waals surface area contributed by atoms with Crippen LogP contribution in [0.3, 0.4) is 0 Å². The zero-order chi connectivity index (χ0) is 27.3. The van der Waals surface area contributed by atoms with Crippen molar-refractivity contribution < 1.29 is 28.6 Å². The van der Waals surface area contributed by atoms with Crippen molar-refractivity contribution in [2.75, 3.05) is 25.0 Å². The number of halogens is 1. The standard InChI is InChI=1S/C26H35FN4O3.CH2O2/c1-26(2,3)34-25(33)28-15-12-19-8-10-21(11-9-19)30-22-13-16-31(17-14-22)24(32)29-18-20-6-4-5-7-23(20)27;2-1-3/h4-11,22,30H,12-18H2,1-3H3,(H,28,33)(H,29,32);1H,(H,2,3)/p-1. The number of ether oxygens (including phenoxy) is 1. The van der Waals surface area contributed by atoms with Crippen molar-refractivity contribution in [2.24, 2.45) is 0 Å². The van der Waals surface area contributed by atoms with Gasteiger partial charge in [0, 0.05) is 49.9 Å². The second kappa shape index (κ2) is 14.7. The summed E-state index contributed by atoms with van der Waals surface area (Å²) in [6.07, 6.45) is 2.00. The molecule has 0 aliphatic carbocycles. The molecule has 37 heavy (non-hydrogen) atoms. The number of anilines is 1. The summed E-state index contributed by atoms with van der Waals surface area (Å²) >= 11 is 0. The average Bonchev–Trinajstić information content (AvgIpc) is 2.84. The molecule has 2 aromatic rings. The molecular weight excluding hydrogens is 479 g/mol. The van der Waals surface area contributed by atoms with Crippen molar-refractivity contribution in [1.82, 2.24) is 15.5 Å². The second-order valence-corrected chi connectivity index (χ2v) is 9.63. The molecule has 0 atom stereocenters. The molecule has 1 saturated heterocycles. The monoisotopic (exact) mass is 515 g/mol. The minimum atomic E-state index is -0.501. The van der Waals surface area contributed by atoms with Crippen molar-refractivity contribution in [2.45, 2.75) is 58.2 Å². The molecule has 0 spiro atoms. The topological polar surface area (TPSA) is 123 Å². The van der Waals surface area contributed by atoms with Crippen molar-refractivity contribution >= 4 is 24.3 Å². The van der Waals surface area contributed by atoms with E-state index in [2.05, 4.69) is 16.0 Å². The molecule has 3 amide bonds. The summed E-state index contributed by atoms with van der Waals surface area (Å²) in [6, 6.07) is 14.8. The second-order valence-electron chi connectivity index (χ2n) is 9.63. The fourth-order valence-corrected chi connectivity index (χ4v) is 3.78. The van der Waals surface area contributed by atoms with Crippen molar-refractivity contribution in [3.63, 3.8) is 0 Å². The van der Waals surface area contributed by atoms with E-state index in [1.807, 2.05) is 45.0 Å². The van der Waals surface area contributed by atoms with Crippen LogP contribution in [0.25, 0.3) is 0 Å². The first kappa shape index (κ1) is 29.4. The van der Waals surface area contributed by atoms with E-state index >= 15 is 0 Å². The molecule has 3 N–H and O–H groups in total. The minimum absolute atomic E-state index is 0.161. The quantitative estimate of drug-likeness (QED) is 0.487. The van der Waals surface area contributed by atoms with Gasteiger partial charge in [-0.2, -0.15) is 0 Å². The summed E-state index contributed by atoms with van der Waals surface area (Å²) in [4.78, 5) is 34.2. The number of rotatable bonds is 7. The summed E-state index contributed by atoms with van der Waals surface area (Å²) in [5, 5.41) is 17.4. The molecule has 0 bridgehead atoms. The first-order valence-corrected chi connectivity index (χ1v) is 12.3. The van der Waals surface area contributed by atoms with E-state index in [9.17, 15) is 14.0 Å². The summed E-state index contributed by atoms with van der Waals surface area (Å²) in [5.41, 5.74) is 2.14. The SMILES string of the molecule is CC(C)(C)OC(=O)NCCc1ccc(NC2CCN(C(=O)NCc3ccccc3F)CC2)cc1.O=C[O-]. The molecular formula is C27H36FN4O5-. The number of carbonyl (C=O) groups is 3. The van der Waals surface area contributed by atoms with Crippen molar-refractivity contribution in [1.29, 1.82) is 0 Å². The molecule has 0 aromatic heterocycles. The highest BCUT2D eigenvalue weighted by Gasteiger charge is 2.22. The van der Waals surface area contributed by atoms with Crippen LogP contribution < -0.4 is 21.1 Å². The molecule has 0 saturated carbocycles. The number of hydrogen-bond acceptors (Lipinski definition) is 6. The number of nitrogens with one attached hydrogen (secondary N) is 3. The molecule has 2 aromatic carbocycles. The molecule has 202 valence electrons. The largest absolute Gasteiger partial charge is 0.554 e. The van der Waals surface area contributed by atoms with Crippen LogP contribution in [0, 0.1) is 5.82 Å². The van der Waals surface area contributed by atoms with Gasteiger partial charge in [0.2, 0.25) is 0 Å². The lowest BCUT2D eigenvalue weighted by Gasteiger charge is -2.33. The predicted molar refractivity (Wildman–Crippen MR) is 137 cm³/mol. The van der Waals surface area contributed by atoms with Gasteiger partial charge in [0.1, 0.15) is 11.4 Å². The normalized spacial score (nSPS) is 13.6. The van der Waals surface area contributed by atoms with Gasteiger partial charge in [0.05, 0.1) is 0 Å². The Morgan fingerprint density at radius 3 is 2.30 bits per heavy atom. The number of likely N-dealkylation sites (tertiary alicyclic amines) is 1. The van der Waals surface area contributed by atoms with Crippen LogP contribution in [0.5, 0.6) is 0 Å². The maximum atomic E-state index is 13.7. The first-order chi connectivity index (χ1) is 17.6. The average molecular weight is 516 g/mol. The Balaban J connectivity index is 0.00000153. The van der Waals surface area contributed by atoms with Gasteiger partial charge in [-0.15, -0.1) is 0 Å². The van der Waals surface area contributed by atoms with Gasteiger partial charge in [-0.3, -0.25) is 0 Å². The van der Waals surface area contributed by atoms with Crippen LogP contribution in [0.2, 0.25) is 0 Å². The number of hydrogen-bond donors (Lipinski definition) is 3. The Labute approximate surface area is 217 Å². The summed E-state index contributed by atoms with van der Waals surface area (Å²) in [6.45, 7) is 7.01. The smallest absolute Gasteiger partial charge is 0.407 e. The molecule has 1 aliphatic heterocycles. The van der Waals surface area contributed by atoms with Gasteiger partial charge in [-0.1, -0.05) is 30.3 Å². The molecule has 1 heterocycles. The number of nitrogens with zero attached hydrogens (tertiary/aromatic N) is 1. The van der Waals surface area contributed by atoms with E-state index in [1.54, 1.807) is 23.1 Å². The lowest BCUT2D eigenvalue weighted by atomic mass is 10.0. The fourth-order valence-electron chi connectivity index (χ4n) is 3.78. The first-order valence-electron chi connectivity index (χ1n) is 12.3. The third kappa shape index (κ3) is 11.2. The third-order valence-corrected chi connectivity index (χ3v) is 5.58. The summed E-state index contributed by atoms with van der Waals surface area (Å²) in [7, 11) is 0. The highest BCUT2D eigenvalue weighted by molar-refractivity contribution is 5.74. The van der Waals surface area contributed by atoms with Gasteiger partial charge in [-0.25, -0.2) is 14.0 Å². The maximum Gasteiger partial charge on any atom is 0.407 e. The van der Waals surface area contributed by atoms with Gasteiger partial charge in [0.15, 0.2) is 0 Å². The molecule has 0 unspecified atom stereocenters. The number of alkyl carbamates (subject to hydrolysis) is 1. The van der Waals surface area contributed by atoms with Gasteiger partial charge in [0.25, 0.3) is 0 Å². The van der Waals surface area contributed by atoms with E-state index in [-0.39, 0.29) is 24.4 Å². The molecule has 10 heteroatoms. The van der Waals surface area contributed by atoms with Crippen LogP contribution in [-0.4, -0.2) is 54.8 Å². The van der Waals surface area contributed by atoms with Crippen LogP contribution in [0.1, 0.15) is 44.7 Å². The zero-order valence-electron chi connectivity index (χ0n) is 21.6. The molecule has 3 rings (SSSR count). The molecule has 9 nitrogen and oxygen atoms in total. The van der Waals surface area contributed by atoms with E-state index < -0.39 is 18.2 Å². The number of carbonyl (C=O) groups excluding carboxylic acids is 3. The van der Waals surface area contributed by atoms with E-state index in [4.69, 9.17) is 14.6 Å². The predicted octanol–water partition coefficient (Wildman–Crippen LogP) is 3.05. The van der Waals surface area contributed by atoms with Crippen molar-refractivity contribution in [3.05, 3.63) is 65.5 Å². The lowest BCUT2D eigenvalue weighted by Crippen LogP contribution is -2.46. The van der Waals surface area contributed by atoms with Gasteiger partial charge < -0.3 is 35.5 Å². The van der Waals surface area contributed by atoms with Gasteiger partial charge >= 0.3 is 12.1 Å². The number of carboxylic acid groups (broad SMARTS) is 1. The Morgan fingerprint density at radius 2 is 1.70 bits per heavy atom. The van der Waals surface area contributed by atoms with E-state index in [0.29, 0.717) is 25.2 Å². The lowest BCUT2D eigenvalue weighted by molar-refractivity contribution is -0.283. The maximum absolute atomic E-state index is 13.7. The third-order valence-electron chi connectivity index (χ3n) is 5.58. The van der Waals surface area contributed by atoms with Crippen LogP contribution in [-0.2, 0) is 22.5 Å². The van der Waals surface area contributed by atoms with Crippen molar-refractivity contribution in [3.8, 4) is 0 Å². The minimum Gasteiger partial charge on any atom is -0.554 e. The molecule has 1 aliphatic rings. The highest BCUT2D eigenvalue weighted by atomic mass is 19.1. The van der Waals surface area contributed by atoms with Gasteiger partial charge in [-0.05, 0) is 63.8 Å². The number of benzene rings is 2. The summed E-state index contributed by atoms with van der Waals surface area (Å²) in [5.74, 6) is -0.309. The fraction of sp³-hybridized carbons (Fsp3) is 0.444. The zero-order valence-corrected chi connectivity index (χ0v) is 21.6. The van der Waals surface area contributed by atoms with Crippen LogP contribution in [0.15, 0.2) is 48.5 Å². The number of piperidine rings is 1. The number of amides is 3. The Kier molecular flexibility index (Phi) is 11.7. The van der Waals surface area contributed by atoms with E-state index in [0.717, 1.165) is 30.5 Å². The number of urea groups is 1. The van der Waals surface area contributed by atoms with E-state index in [1.165, 1.54) is 6.07 Å². The summed E-state index contributed by atoms with van der Waals surface area (Å²) < 4.78 is 19.0. The Morgan fingerprint density at radius 1 is 1.08 bits per heavy atom.